The van der Waals surface area contributed by atoms with E-state index in [0.29, 0.717) is 17.9 Å². The first-order valence-corrected chi connectivity index (χ1v) is 9.13. The smallest absolute Gasteiger partial charge is 0.320 e. The Balaban J connectivity index is 2.07. The van der Waals surface area contributed by atoms with Crippen molar-refractivity contribution in [2.75, 3.05) is 20.8 Å². The van der Waals surface area contributed by atoms with E-state index in [9.17, 15) is 9.90 Å². The van der Waals surface area contributed by atoms with Crippen molar-refractivity contribution in [2.24, 2.45) is 0 Å². The lowest BCUT2D eigenvalue weighted by molar-refractivity contribution is -0.142. The first-order chi connectivity index (χ1) is 12.0. The molecular formula is C19H23NO4S. The van der Waals surface area contributed by atoms with Gasteiger partial charge >= 0.3 is 5.97 Å². The summed E-state index contributed by atoms with van der Waals surface area (Å²) in [5.41, 5.74) is 1.02. The molecule has 25 heavy (non-hydrogen) atoms. The Kier molecular flexibility index (Phi) is 5.30. The Bertz CT molecular complexity index is 758. The number of likely N-dealkylation sites (tertiary alicyclic amines) is 1. The Hall–Kier alpha value is -2.05. The number of nitrogens with zero attached hydrogens (tertiary/aromatic N) is 1. The quantitative estimate of drug-likeness (QED) is 0.850. The molecule has 0 amide bonds. The summed E-state index contributed by atoms with van der Waals surface area (Å²) < 4.78 is 10.8. The highest BCUT2D eigenvalue weighted by Gasteiger charge is 2.37. The first-order valence-electron chi connectivity index (χ1n) is 8.32. The second-order valence-electron chi connectivity index (χ2n) is 6.20. The number of carboxylic acid groups (broad SMARTS) is 1. The molecule has 3 rings (SSSR count). The zero-order valence-electron chi connectivity index (χ0n) is 14.7. The lowest BCUT2D eigenvalue weighted by Gasteiger charge is -2.31. The zero-order chi connectivity index (χ0) is 18.0. The average Bonchev–Trinajstić information content (AvgIpc) is 3.24. The molecule has 5 nitrogen and oxygen atoms in total. The molecule has 1 aliphatic heterocycles. The van der Waals surface area contributed by atoms with Crippen molar-refractivity contribution >= 4 is 17.3 Å². The lowest BCUT2D eigenvalue weighted by atomic mass is 10.0. The monoisotopic (exact) mass is 361 g/mol. The van der Waals surface area contributed by atoms with Gasteiger partial charge in [0.1, 0.15) is 6.04 Å². The van der Waals surface area contributed by atoms with Crippen molar-refractivity contribution in [1.82, 2.24) is 4.90 Å². The third kappa shape index (κ3) is 3.50. The van der Waals surface area contributed by atoms with Gasteiger partial charge in [-0.15, -0.1) is 11.3 Å². The SMILES string of the molecule is COc1ccc(C(c2ccc(C)s2)N2CCCC2C(=O)O)cc1OC. The summed E-state index contributed by atoms with van der Waals surface area (Å²) in [5.74, 6) is 0.573. The number of rotatable bonds is 6. The number of aliphatic carboxylic acids is 1. The number of hydrogen-bond acceptors (Lipinski definition) is 5. The zero-order valence-corrected chi connectivity index (χ0v) is 15.5. The predicted octanol–water partition coefficient (Wildman–Crippen LogP) is 3.71. The van der Waals surface area contributed by atoms with Gasteiger partial charge < -0.3 is 14.6 Å². The van der Waals surface area contributed by atoms with Crippen LogP contribution in [0.5, 0.6) is 11.5 Å². The largest absolute Gasteiger partial charge is 0.493 e. The fourth-order valence-corrected chi connectivity index (χ4v) is 4.53. The standard InChI is InChI=1S/C19H23NO4S/c1-12-6-9-17(25-12)18(20-10-4-5-14(20)19(21)22)13-7-8-15(23-2)16(11-13)24-3/h6-9,11,14,18H,4-5,10H2,1-3H3,(H,21,22). The fraction of sp³-hybridized carbons (Fsp3) is 0.421. The molecule has 0 radical (unpaired) electrons. The number of hydrogen-bond donors (Lipinski definition) is 1. The van der Waals surface area contributed by atoms with Crippen molar-refractivity contribution in [1.29, 1.82) is 0 Å². The van der Waals surface area contributed by atoms with Gasteiger partial charge in [0.15, 0.2) is 11.5 Å². The van der Waals surface area contributed by atoms with E-state index in [1.807, 2.05) is 18.2 Å². The van der Waals surface area contributed by atoms with Gasteiger partial charge in [-0.1, -0.05) is 6.07 Å². The van der Waals surface area contributed by atoms with Crippen LogP contribution in [-0.2, 0) is 4.79 Å². The minimum atomic E-state index is -0.753. The highest BCUT2D eigenvalue weighted by atomic mass is 32.1. The summed E-state index contributed by atoms with van der Waals surface area (Å²) in [6.07, 6.45) is 1.58. The molecule has 1 aromatic carbocycles. The summed E-state index contributed by atoms with van der Waals surface area (Å²) >= 11 is 1.71. The Labute approximate surface area is 151 Å². The molecule has 2 atom stereocenters. The number of methoxy groups -OCH3 is 2. The van der Waals surface area contributed by atoms with E-state index < -0.39 is 12.0 Å². The highest BCUT2D eigenvalue weighted by Crippen LogP contribution is 2.40. The molecule has 2 unspecified atom stereocenters. The van der Waals surface area contributed by atoms with Crippen LogP contribution in [0.25, 0.3) is 0 Å². The molecule has 6 heteroatoms. The topological polar surface area (TPSA) is 59.0 Å². The minimum Gasteiger partial charge on any atom is -0.493 e. The molecule has 1 fully saturated rings. The van der Waals surface area contributed by atoms with Crippen LogP contribution in [0.1, 0.15) is 34.2 Å². The maximum Gasteiger partial charge on any atom is 0.320 e. The van der Waals surface area contributed by atoms with Gasteiger partial charge in [-0.2, -0.15) is 0 Å². The van der Waals surface area contributed by atoms with Gasteiger partial charge in [0.05, 0.1) is 20.3 Å². The van der Waals surface area contributed by atoms with Gasteiger partial charge in [0.2, 0.25) is 0 Å². The molecule has 0 aliphatic carbocycles. The molecule has 0 saturated carbocycles. The minimum absolute atomic E-state index is 0.0953. The third-order valence-corrected chi connectivity index (χ3v) is 5.72. The van der Waals surface area contributed by atoms with E-state index in [0.717, 1.165) is 23.4 Å². The van der Waals surface area contributed by atoms with Crippen molar-refractivity contribution in [3.63, 3.8) is 0 Å². The number of aryl methyl sites for hydroxylation is 1. The first kappa shape index (κ1) is 17.8. The van der Waals surface area contributed by atoms with Crippen LogP contribution in [-0.4, -0.2) is 42.8 Å². The number of benzene rings is 1. The van der Waals surface area contributed by atoms with Gasteiger partial charge in [-0.25, -0.2) is 0 Å². The highest BCUT2D eigenvalue weighted by molar-refractivity contribution is 7.12. The molecule has 2 aromatic rings. The third-order valence-electron chi connectivity index (χ3n) is 4.66. The van der Waals surface area contributed by atoms with E-state index in [4.69, 9.17) is 9.47 Å². The van der Waals surface area contributed by atoms with Crippen molar-refractivity contribution in [3.8, 4) is 11.5 Å². The number of carbonyl (C=O) groups is 1. The van der Waals surface area contributed by atoms with E-state index in [2.05, 4.69) is 24.0 Å². The summed E-state index contributed by atoms with van der Waals surface area (Å²) in [6, 6.07) is 9.46. The van der Waals surface area contributed by atoms with Crippen LogP contribution < -0.4 is 9.47 Å². The van der Waals surface area contributed by atoms with Crippen molar-refractivity contribution < 1.29 is 19.4 Å². The second-order valence-corrected chi connectivity index (χ2v) is 7.52. The van der Waals surface area contributed by atoms with E-state index >= 15 is 0 Å². The number of ether oxygens (including phenoxy) is 2. The summed E-state index contributed by atoms with van der Waals surface area (Å²) in [4.78, 5) is 16.2. The molecule has 1 aliphatic rings. The van der Waals surface area contributed by atoms with Crippen molar-refractivity contribution in [3.05, 3.63) is 45.6 Å². The van der Waals surface area contributed by atoms with Crippen LogP contribution in [0.4, 0.5) is 0 Å². The Morgan fingerprint density at radius 3 is 2.60 bits per heavy atom. The predicted molar refractivity (Wildman–Crippen MR) is 97.8 cm³/mol. The Morgan fingerprint density at radius 1 is 1.24 bits per heavy atom. The molecule has 1 saturated heterocycles. The van der Waals surface area contributed by atoms with Gasteiger partial charge in [0.25, 0.3) is 0 Å². The summed E-state index contributed by atoms with van der Waals surface area (Å²) in [7, 11) is 3.22. The average molecular weight is 361 g/mol. The molecule has 0 spiro atoms. The van der Waals surface area contributed by atoms with Crippen LogP contribution >= 0.6 is 11.3 Å². The lowest BCUT2D eigenvalue weighted by Crippen LogP contribution is -2.39. The maximum absolute atomic E-state index is 11.7. The van der Waals surface area contributed by atoms with E-state index in [1.54, 1.807) is 25.6 Å². The van der Waals surface area contributed by atoms with E-state index in [-0.39, 0.29) is 6.04 Å². The van der Waals surface area contributed by atoms with Gasteiger partial charge in [0, 0.05) is 16.3 Å². The number of thiophene rings is 1. The van der Waals surface area contributed by atoms with Gasteiger partial charge in [-0.05, 0) is 49.6 Å². The van der Waals surface area contributed by atoms with E-state index in [1.165, 1.54) is 4.88 Å². The molecule has 1 aromatic heterocycles. The van der Waals surface area contributed by atoms with Crippen LogP contribution in [0.3, 0.4) is 0 Å². The summed E-state index contributed by atoms with van der Waals surface area (Å²) in [6.45, 7) is 2.84. The molecule has 0 bridgehead atoms. The molecule has 2 heterocycles. The molecule has 1 N–H and O–H groups in total. The maximum atomic E-state index is 11.7. The van der Waals surface area contributed by atoms with Crippen LogP contribution in [0, 0.1) is 6.92 Å². The number of carboxylic acids is 1. The Morgan fingerprint density at radius 2 is 2.00 bits per heavy atom. The molecular weight excluding hydrogens is 338 g/mol. The van der Waals surface area contributed by atoms with Crippen molar-refractivity contribution in [2.45, 2.75) is 31.8 Å². The molecule has 134 valence electrons. The summed E-state index contributed by atoms with van der Waals surface area (Å²) in [5, 5.41) is 9.63. The van der Waals surface area contributed by atoms with Crippen LogP contribution in [0.2, 0.25) is 0 Å². The van der Waals surface area contributed by atoms with Crippen LogP contribution in [0.15, 0.2) is 30.3 Å². The normalized spacial score (nSPS) is 18.9. The fourth-order valence-electron chi connectivity index (χ4n) is 3.51. The second kappa shape index (κ2) is 7.45. The van der Waals surface area contributed by atoms with Gasteiger partial charge in [-0.3, -0.25) is 9.69 Å².